The van der Waals surface area contributed by atoms with Gasteiger partial charge in [0.2, 0.25) is 0 Å². The van der Waals surface area contributed by atoms with E-state index in [4.69, 9.17) is 4.42 Å². The Bertz CT molecular complexity index is 853. The first-order chi connectivity index (χ1) is 10.2. The Morgan fingerprint density at radius 3 is 2.43 bits per heavy atom. The highest BCUT2D eigenvalue weighted by Gasteiger charge is 2.17. The topological polar surface area (TPSA) is 50.5 Å². The van der Waals surface area contributed by atoms with Crippen molar-refractivity contribution < 1.29 is 9.21 Å². The van der Waals surface area contributed by atoms with Gasteiger partial charge in [0, 0.05) is 18.8 Å². The Hall–Kier alpha value is -2.88. The van der Waals surface area contributed by atoms with Crippen LogP contribution in [-0.4, -0.2) is 13.0 Å². The fraction of sp³-hybridized carbons (Fsp3) is 0.0588. The van der Waals surface area contributed by atoms with Crippen molar-refractivity contribution in [3.05, 3.63) is 76.6 Å². The molecule has 0 aliphatic heterocycles. The molecule has 0 saturated carbocycles. The van der Waals surface area contributed by atoms with Gasteiger partial charge in [0.1, 0.15) is 5.58 Å². The normalized spacial score (nSPS) is 10.5. The molecule has 0 aliphatic carbocycles. The largest absolute Gasteiger partial charge is 0.451 e. The molecule has 0 N–H and O–H groups in total. The summed E-state index contributed by atoms with van der Waals surface area (Å²) < 4.78 is 5.56. The maximum Gasteiger partial charge on any atom is 0.293 e. The minimum atomic E-state index is -0.357. The molecule has 21 heavy (non-hydrogen) atoms. The van der Waals surface area contributed by atoms with Crippen LogP contribution in [0.15, 0.2) is 69.9 Å². The monoisotopic (exact) mass is 279 g/mol. The number of anilines is 1. The number of carbonyl (C=O) groups is 1. The van der Waals surface area contributed by atoms with E-state index in [0.29, 0.717) is 11.0 Å². The summed E-state index contributed by atoms with van der Waals surface area (Å²) in [6.07, 6.45) is 0. The van der Waals surface area contributed by atoms with Crippen molar-refractivity contribution in [3.63, 3.8) is 0 Å². The molecule has 1 amide bonds. The standard InChI is InChI=1S/C17H13NO3/c1-18(12-7-3-2-4-8-12)17(20)16-11-14(19)13-9-5-6-10-15(13)21-16/h2-11H,1H3. The molecule has 0 unspecified atom stereocenters. The Morgan fingerprint density at radius 2 is 1.67 bits per heavy atom. The van der Waals surface area contributed by atoms with Crippen molar-refractivity contribution in [2.24, 2.45) is 0 Å². The van der Waals surface area contributed by atoms with Gasteiger partial charge in [-0.15, -0.1) is 0 Å². The van der Waals surface area contributed by atoms with Crippen LogP contribution in [0.2, 0.25) is 0 Å². The lowest BCUT2D eigenvalue weighted by atomic mass is 10.2. The third kappa shape index (κ3) is 2.43. The molecule has 1 aromatic heterocycles. The zero-order valence-electron chi connectivity index (χ0n) is 11.4. The first-order valence-electron chi connectivity index (χ1n) is 6.53. The van der Waals surface area contributed by atoms with Gasteiger partial charge in [-0.25, -0.2) is 0 Å². The van der Waals surface area contributed by atoms with Crippen LogP contribution in [0.5, 0.6) is 0 Å². The second-order valence-corrected chi connectivity index (χ2v) is 4.67. The number of benzene rings is 2. The molecule has 0 bridgehead atoms. The highest BCUT2D eigenvalue weighted by Crippen LogP contribution is 2.17. The smallest absolute Gasteiger partial charge is 0.293 e. The van der Waals surface area contributed by atoms with Crippen molar-refractivity contribution in [2.45, 2.75) is 0 Å². The zero-order valence-corrected chi connectivity index (χ0v) is 11.4. The molecule has 4 nitrogen and oxygen atoms in total. The first kappa shape index (κ1) is 13.1. The molecule has 0 radical (unpaired) electrons. The summed E-state index contributed by atoms with van der Waals surface area (Å²) in [7, 11) is 1.65. The van der Waals surface area contributed by atoms with E-state index >= 15 is 0 Å². The van der Waals surface area contributed by atoms with E-state index in [1.54, 1.807) is 31.3 Å². The minimum absolute atomic E-state index is 0.0325. The Labute approximate surface area is 121 Å². The Morgan fingerprint density at radius 1 is 1.00 bits per heavy atom. The van der Waals surface area contributed by atoms with Gasteiger partial charge in [-0.3, -0.25) is 9.59 Å². The number of fused-ring (bicyclic) bond motifs is 1. The van der Waals surface area contributed by atoms with E-state index in [2.05, 4.69) is 0 Å². The summed E-state index contributed by atoms with van der Waals surface area (Å²) in [6, 6.07) is 17.3. The quantitative estimate of drug-likeness (QED) is 0.724. The summed E-state index contributed by atoms with van der Waals surface area (Å²) in [5.41, 5.74) is 0.926. The van der Waals surface area contributed by atoms with Gasteiger partial charge >= 0.3 is 0 Å². The van der Waals surface area contributed by atoms with Crippen molar-refractivity contribution in [3.8, 4) is 0 Å². The third-order valence-electron chi connectivity index (χ3n) is 3.29. The van der Waals surface area contributed by atoms with Crippen LogP contribution >= 0.6 is 0 Å². The molecule has 0 spiro atoms. The summed E-state index contributed by atoms with van der Waals surface area (Å²) in [5, 5.41) is 0.469. The summed E-state index contributed by atoms with van der Waals surface area (Å²) in [4.78, 5) is 25.9. The second kappa shape index (κ2) is 5.25. The van der Waals surface area contributed by atoms with E-state index < -0.39 is 0 Å². The number of nitrogens with zero attached hydrogens (tertiary/aromatic N) is 1. The van der Waals surface area contributed by atoms with Gasteiger partial charge in [-0.2, -0.15) is 0 Å². The lowest BCUT2D eigenvalue weighted by molar-refractivity contribution is 0.0967. The van der Waals surface area contributed by atoms with Crippen molar-refractivity contribution in [1.82, 2.24) is 0 Å². The molecule has 0 aliphatic rings. The van der Waals surface area contributed by atoms with Gasteiger partial charge in [0.05, 0.1) is 5.39 Å². The van der Waals surface area contributed by atoms with Crippen LogP contribution in [0.1, 0.15) is 10.6 Å². The molecule has 3 rings (SSSR count). The van der Waals surface area contributed by atoms with Crippen LogP contribution in [0, 0.1) is 0 Å². The number of hydrogen-bond donors (Lipinski definition) is 0. The number of amides is 1. The van der Waals surface area contributed by atoms with Crippen LogP contribution in [0.4, 0.5) is 5.69 Å². The molecule has 0 atom stereocenters. The number of carbonyl (C=O) groups excluding carboxylic acids is 1. The Kier molecular flexibility index (Phi) is 3.28. The highest BCUT2D eigenvalue weighted by molar-refractivity contribution is 6.04. The van der Waals surface area contributed by atoms with Crippen molar-refractivity contribution in [2.75, 3.05) is 11.9 Å². The molecule has 1 heterocycles. The summed E-state index contributed by atoms with van der Waals surface area (Å²) >= 11 is 0. The maximum atomic E-state index is 12.4. The zero-order chi connectivity index (χ0) is 14.8. The lowest BCUT2D eigenvalue weighted by Gasteiger charge is -2.16. The molecule has 104 valence electrons. The number of hydrogen-bond acceptors (Lipinski definition) is 3. The summed E-state index contributed by atoms with van der Waals surface area (Å²) in [5.74, 6) is -0.325. The SMILES string of the molecule is CN(C(=O)c1cc(=O)c2ccccc2o1)c1ccccc1. The van der Waals surface area contributed by atoms with E-state index in [1.165, 1.54) is 11.0 Å². The molecule has 2 aromatic carbocycles. The van der Waals surface area contributed by atoms with E-state index in [-0.39, 0.29) is 17.1 Å². The maximum absolute atomic E-state index is 12.4. The van der Waals surface area contributed by atoms with E-state index in [0.717, 1.165) is 5.69 Å². The van der Waals surface area contributed by atoms with Crippen LogP contribution < -0.4 is 10.3 Å². The fourth-order valence-corrected chi connectivity index (χ4v) is 2.14. The predicted molar refractivity (Wildman–Crippen MR) is 81.7 cm³/mol. The molecule has 0 saturated heterocycles. The van der Waals surface area contributed by atoms with Gasteiger partial charge in [0.15, 0.2) is 11.2 Å². The Balaban J connectivity index is 2.04. The van der Waals surface area contributed by atoms with Crippen LogP contribution in [0.25, 0.3) is 11.0 Å². The van der Waals surface area contributed by atoms with Crippen LogP contribution in [-0.2, 0) is 0 Å². The fourth-order valence-electron chi connectivity index (χ4n) is 2.14. The van der Waals surface area contributed by atoms with Gasteiger partial charge in [-0.05, 0) is 24.3 Å². The highest BCUT2D eigenvalue weighted by atomic mass is 16.3. The average molecular weight is 279 g/mol. The summed E-state index contributed by atoms with van der Waals surface area (Å²) in [6.45, 7) is 0. The molecular formula is C17H13NO3. The van der Waals surface area contributed by atoms with Crippen molar-refractivity contribution in [1.29, 1.82) is 0 Å². The lowest BCUT2D eigenvalue weighted by Crippen LogP contribution is -2.27. The van der Waals surface area contributed by atoms with E-state index in [1.807, 2.05) is 30.3 Å². The third-order valence-corrected chi connectivity index (χ3v) is 3.29. The predicted octanol–water partition coefficient (Wildman–Crippen LogP) is 3.07. The first-order valence-corrected chi connectivity index (χ1v) is 6.53. The second-order valence-electron chi connectivity index (χ2n) is 4.67. The molecule has 3 aromatic rings. The number of rotatable bonds is 2. The van der Waals surface area contributed by atoms with Crippen molar-refractivity contribution >= 4 is 22.6 Å². The molecule has 0 fully saturated rings. The van der Waals surface area contributed by atoms with Gasteiger partial charge in [0.25, 0.3) is 5.91 Å². The number of para-hydroxylation sites is 2. The van der Waals surface area contributed by atoms with Gasteiger partial charge in [-0.1, -0.05) is 30.3 Å². The van der Waals surface area contributed by atoms with Gasteiger partial charge < -0.3 is 9.32 Å². The minimum Gasteiger partial charge on any atom is -0.451 e. The molecule has 4 heteroatoms. The average Bonchev–Trinajstić information content (AvgIpc) is 2.54. The van der Waals surface area contributed by atoms with Crippen LogP contribution in [0.3, 0.4) is 0 Å². The molecular weight excluding hydrogens is 266 g/mol. The van der Waals surface area contributed by atoms with E-state index in [9.17, 15) is 9.59 Å².